The minimum Gasteiger partial charge on any atom is -0.494 e. The first-order chi connectivity index (χ1) is 12.4. The van der Waals surface area contributed by atoms with Gasteiger partial charge in [-0.1, -0.05) is 0 Å². The Morgan fingerprint density at radius 3 is 2.81 bits per heavy atom. The average Bonchev–Trinajstić information content (AvgIpc) is 2.96. The number of benzene rings is 1. The van der Waals surface area contributed by atoms with Gasteiger partial charge in [-0.2, -0.15) is 0 Å². The van der Waals surface area contributed by atoms with E-state index in [1.165, 1.54) is 5.56 Å². The highest BCUT2D eigenvalue weighted by molar-refractivity contribution is 5.81. The van der Waals surface area contributed by atoms with Crippen molar-refractivity contribution < 1.29 is 14.3 Å². The van der Waals surface area contributed by atoms with Gasteiger partial charge in [-0.15, -0.1) is 0 Å². The summed E-state index contributed by atoms with van der Waals surface area (Å²) in [5.74, 6) is 2.53. The number of amides is 1. The summed E-state index contributed by atoms with van der Waals surface area (Å²) in [5, 5.41) is 6.42. The topological polar surface area (TPSA) is 75.2 Å². The van der Waals surface area contributed by atoms with E-state index in [1.807, 2.05) is 13.0 Å². The zero-order valence-corrected chi connectivity index (χ0v) is 16.4. The Kier molecular flexibility index (Phi) is 7.12. The van der Waals surface area contributed by atoms with Gasteiger partial charge >= 0.3 is 0 Å². The Morgan fingerprint density at radius 1 is 1.38 bits per heavy atom. The van der Waals surface area contributed by atoms with Crippen LogP contribution in [0.1, 0.15) is 31.4 Å². The van der Waals surface area contributed by atoms with E-state index in [9.17, 15) is 4.79 Å². The van der Waals surface area contributed by atoms with E-state index in [2.05, 4.69) is 28.6 Å². The Bertz CT molecular complexity index is 658. The first-order valence-corrected chi connectivity index (χ1v) is 9.04. The maximum Gasteiger partial charge on any atom is 0.223 e. The van der Waals surface area contributed by atoms with Crippen molar-refractivity contribution in [1.82, 2.24) is 15.5 Å². The predicted octanol–water partition coefficient (Wildman–Crippen LogP) is 1.55. The fraction of sp³-hybridized carbons (Fsp3) is 0.579. The molecule has 144 valence electrons. The quantitative estimate of drug-likeness (QED) is 0.569. The minimum atomic E-state index is 0.0801. The summed E-state index contributed by atoms with van der Waals surface area (Å²) < 4.78 is 11.7. The lowest BCUT2D eigenvalue weighted by molar-refractivity contribution is -0.128. The fourth-order valence-corrected chi connectivity index (χ4v) is 2.82. The molecule has 0 bridgehead atoms. The van der Waals surface area contributed by atoms with E-state index >= 15 is 0 Å². The molecular formula is C19H30N4O3. The van der Waals surface area contributed by atoms with Gasteiger partial charge in [0.15, 0.2) is 5.96 Å². The number of hydrogen-bond acceptors (Lipinski definition) is 4. The van der Waals surface area contributed by atoms with Gasteiger partial charge in [-0.05, 0) is 26.0 Å². The summed E-state index contributed by atoms with van der Waals surface area (Å²) in [6, 6.07) is 4.12. The molecule has 26 heavy (non-hydrogen) atoms. The number of hydrogen-bond donors (Lipinski definition) is 2. The molecule has 0 saturated carbocycles. The van der Waals surface area contributed by atoms with Crippen LogP contribution in [0.15, 0.2) is 17.1 Å². The molecule has 1 heterocycles. The molecule has 2 N–H and O–H groups in total. The molecule has 1 aliphatic heterocycles. The van der Waals surface area contributed by atoms with Crippen molar-refractivity contribution >= 4 is 11.9 Å². The third-order valence-electron chi connectivity index (χ3n) is 4.18. The van der Waals surface area contributed by atoms with Gasteiger partial charge in [-0.3, -0.25) is 9.79 Å². The molecule has 0 fully saturated rings. The predicted molar refractivity (Wildman–Crippen MR) is 103 cm³/mol. The molecule has 0 aliphatic carbocycles. The van der Waals surface area contributed by atoms with E-state index in [-0.39, 0.29) is 12.0 Å². The molecule has 1 atom stereocenters. The van der Waals surface area contributed by atoms with Crippen molar-refractivity contribution in [3.63, 3.8) is 0 Å². The van der Waals surface area contributed by atoms with Crippen LogP contribution in [0.5, 0.6) is 11.5 Å². The summed E-state index contributed by atoms with van der Waals surface area (Å²) >= 11 is 0. The Balaban J connectivity index is 1.96. The van der Waals surface area contributed by atoms with Crippen LogP contribution in [-0.4, -0.2) is 57.2 Å². The first-order valence-electron chi connectivity index (χ1n) is 9.04. The summed E-state index contributed by atoms with van der Waals surface area (Å²) in [4.78, 5) is 17.4. The van der Waals surface area contributed by atoms with Crippen molar-refractivity contribution in [2.24, 2.45) is 4.99 Å². The molecule has 7 nitrogen and oxygen atoms in total. The number of rotatable bonds is 7. The number of carbonyl (C=O) groups is 1. The van der Waals surface area contributed by atoms with Gasteiger partial charge in [0.05, 0.1) is 6.61 Å². The van der Waals surface area contributed by atoms with Crippen molar-refractivity contribution in [2.45, 2.75) is 39.3 Å². The number of guanidine groups is 1. The number of aliphatic imine (C=N–C) groups is 1. The molecule has 7 heteroatoms. The highest BCUT2D eigenvalue weighted by Crippen LogP contribution is 2.35. The molecule has 0 aromatic heterocycles. The van der Waals surface area contributed by atoms with E-state index < -0.39 is 0 Å². The van der Waals surface area contributed by atoms with Gasteiger partial charge < -0.3 is 25.0 Å². The van der Waals surface area contributed by atoms with E-state index in [4.69, 9.17) is 9.47 Å². The second-order valence-corrected chi connectivity index (χ2v) is 6.52. The Labute approximate surface area is 155 Å². The zero-order valence-electron chi connectivity index (χ0n) is 16.4. The maximum absolute atomic E-state index is 11.6. The highest BCUT2D eigenvalue weighted by Gasteiger charge is 2.21. The maximum atomic E-state index is 11.6. The lowest BCUT2D eigenvalue weighted by Crippen LogP contribution is -2.38. The normalized spacial score (nSPS) is 15.9. The van der Waals surface area contributed by atoms with Gasteiger partial charge in [0, 0.05) is 58.2 Å². The average molecular weight is 362 g/mol. The van der Waals surface area contributed by atoms with Crippen LogP contribution in [0, 0.1) is 0 Å². The van der Waals surface area contributed by atoms with Gasteiger partial charge in [-0.25, -0.2) is 0 Å². The van der Waals surface area contributed by atoms with Crippen LogP contribution in [0.25, 0.3) is 0 Å². The van der Waals surface area contributed by atoms with E-state index in [0.717, 1.165) is 23.5 Å². The third-order valence-corrected chi connectivity index (χ3v) is 4.18. The van der Waals surface area contributed by atoms with Crippen LogP contribution >= 0.6 is 0 Å². The molecule has 1 unspecified atom stereocenters. The second-order valence-electron chi connectivity index (χ2n) is 6.52. The largest absolute Gasteiger partial charge is 0.494 e. The summed E-state index contributed by atoms with van der Waals surface area (Å²) in [5.41, 5.74) is 2.21. The standard InChI is InChI=1S/C19H30N4O3/c1-6-25-16-10-14-9-13(2)26-17(14)11-15(16)12-22-19(20-3)21-8-7-18(24)23(4)5/h10-11,13H,6-9,12H2,1-5H3,(H2,20,21,22). The number of carbonyl (C=O) groups excluding carboxylic acids is 1. The van der Waals surface area contributed by atoms with Crippen LogP contribution < -0.4 is 20.1 Å². The number of ether oxygens (including phenoxy) is 2. The van der Waals surface area contributed by atoms with Gasteiger partial charge in [0.2, 0.25) is 5.91 Å². The van der Waals surface area contributed by atoms with Crippen molar-refractivity contribution in [1.29, 1.82) is 0 Å². The summed E-state index contributed by atoms with van der Waals surface area (Å²) in [6.45, 7) is 5.74. The first kappa shape index (κ1) is 19.9. The minimum absolute atomic E-state index is 0.0801. The van der Waals surface area contributed by atoms with E-state index in [1.54, 1.807) is 26.0 Å². The number of fused-ring (bicyclic) bond motifs is 1. The Hall–Kier alpha value is -2.44. The molecule has 1 aliphatic rings. The van der Waals surface area contributed by atoms with Gasteiger partial charge in [0.25, 0.3) is 0 Å². The third kappa shape index (κ3) is 5.28. The molecule has 1 aromatic rings. The monoisotopic (exact) mass is 362 g/mol. The second kappa shape index (κ2) is 9.31. The summed E-state index contributed by atoms with van der Waals surface area (Å²) in [7, 11) is 5.21. The fourth-order valence-electron chi connectivity index (χ4n) is 2.82. The van der Waals surface area contributed by atoms with Gasteiger partial charge in [0.1, 0.15) is 17.6 Å². The smallest absolute Gasteiger partial charge is 0.223 e. The van der Waals surface area contributed by atoms with Crippen molar-refractivity contribution in [3.8, 4) is 11.5 Å². The van der Waals surface area contributed by atoms with Crippen molar-refractivity contribution in [3.05, 3.63) is 23.3 Å². The van der Waals surface area contributed by atoms with E-state index in [0.29, 0.717) is 32.1 Å². The molecular weight excluding hydrogens is 332 g/mol. The Morgan fingerprint density at radius 2 is 2.15 bits per heavy atom. The molecule has 0 saturated heterocycles. The lowest BCUT2D eigenvalue weighted by atomic mass is 10.1. The zero-order chi connectivity index (χ0) is 19.1. The SMILES string of the molecule is CCOc1cc2c(cc1CNC(=NC)NCCC(=O)N(C)C)OC(C)C2. The molecule has 1 amide bonds. The molecule has 0 radical (unpaired) electrons. The lowest BCUT2D eigenvalue weighted by Gasteiger charge is -2.16. The molecule has 0 spiro atoms. The molecule has 1 aromatic carbocycles. The van der Waals surface area contributed by atoms with Crippen LogP contribution in [0.4, 0.5) is 0 Å². The number of nitrogens with one attached hydrogen (secondary N) is 2. The number of nitrogens with zero attached hydrogens (tertiary/aromatic N) is 2. The van der Waals surface area contributed by atoms with Crippen molar-refractivity contribution in [2.75, 3.05) is 34.3 Å². The highest BCUT2D eigenvalue weighted by atomic mass is 16.5. The molecule has 2 rings (SSSR count). The van der Waals surface area contributed by atoms with Crippen LogP contribution in [0.2, 0.25) is 0 Å². The summed E-state index contributed by atoms with van der Waals surface area (Å²) in [6.07, 6.45) is 1.53. The van der Waals surface area contributed by atoms with Crippen LogP contribution in [0.3, 0.4) is 0 Å². The van der Waals surface area contributed by atoms with Crippen LogP contribution in [-0.2, 0) is 17.8 Å².